The van der Waals surface area contributed by atoms with Crippen molar-refractivity contribution in [1.29, 1.82) is 0 Å². The van der Waals surface area contributed by atoms with E-state index < -0.39 is 18.1 Å². The fourth-order valence-corrected chi connectivity index (χ4v) is 7.28. The Kier molecular flexibility index (Phi) is 10.8. The molecule has 2 heterocycles. The van der Waals surface area contributed by atoms with Gasteiger partial charge in [-0.25, -0.2) is 9.78 Å². The molecule has 7 rings (SSSR count). The van der Waals surface area contributed by atoms with E-state index in [1.165, 1.54) is 46.0 Å². The number of rotatable bonds is 6. The number of fused-ring (bicyclic) bond motifs is 5. The van der Waals surface area contributed by atoms with Crippen LogP contribution in [0.25, 0.3) is 33.3 Å². The maximum atomic E-state index is 15.3. The Labute approximate surface area is 280 Å². The largest absolute Gasteiger partial charge is 0.453 e. The van der Waals surface area contributed by atoms with Crippen molar-refractivity contribution >= 4 is 29.1 Å². The summed E-state index contributed by atoms with van der Waals surface area (Å²) in [6.45, 7) is 4.15. The lowest BCUT2D eigenvalue weighted by Gasteiger charge is -2.30. The fourth-order valence-electron chi connectivity index (χ4n) is 7.28. The third kappa shape index (κ3) is 6.79. The quantitative estimate of drug-likeness (QED) is 0.145. The highest BCUT2D eigenvalue weighted by Crippen LogP contribution is 2.52. The van der Waals surface area contributed by atoms with Gasteiger partial charge in [-0.2, -0.15) is 8.78 Å². The molecule has 1 saturated carbocycles. The van der Waals surface area contributed by atoms with Crippen molar-refractivity contribution in [3.8, 4) is 22.3 Å². The minimum absolute atomic E-state index is 0.0143. The molecule has 1 aromatic heterocycles. The summed E-state index contributed by atoms with van der Waals surface area (Å²) in [6, 6.07) is 16.5. The number of ether oxygens (including phenoxy) is 2. The van der Waals surface area contributed by atoms with Gasteiger partial charge in [-0.1, -0.05) is 51.0 Å². The number of methoxy groups -OCH3 is 2. The smallest absolute Gasteiger partial charge is 0.407 e. The number of aromatic nitrogens is 2. The molecule has 1 amide bonds. The van der Waals surface area contributed by atoms with E-state index in [-0.39, 0.29) is 17.7 Å². The Hall–Kier alpha value is -4.35. The van der Waals surface area contributed by atoms with E-state index >= 15 is 8.78 Å². The van der Waals surface area contributed by atoms with Crippen LogP contribution < -0.4 is 11.1 Å². The van der Waals surface area contributed by atoms with E-state index in [4.69, 9.17) is 10.7 Å². The number of H-pyrrole nitrogens is 1. The molecule has 2 unspecified atom stereocenters. The molecule has 3 aromatic carbocycles. The second-order valence-corrected chi connectivity index (χ2v) is 12.4. The number of alkyl carbamates (subject to hydrolysis) is 1. The van der Waals surface area contributed by atoms with Crippen LogP contribution in [0, 0.1) is 5.92 Å². The maximum absolute atomic E-state index is 15.3. The van der Waals surface area contributed by atoms with E-state index in [1.54, 1.807) is 24.3 Å². The number of anilines is 1. The summed E-state index contributed by atoms with van der Waals surface area (Å²) in [5.74, 6) is -1.29. The number of hydrogen-bond acceptors (Lipinski definition) is 7. The number of nitrogens with one attached hydrogen (secondary N) is 2. The van der Waals surface area contributed by atoms with Crippen molar-refractivity contribution in [3.63, 3.8) is 0 Å². The molecule has 256 valence electrons. The lowest BCUT2D eigenvalue weighted by molar-refractivity contribution is -0.110. The summed E-state index contributed by atoms with van der Waals surface area (Å²) < 4.78 is 39.5. The molecule has 48 heavy (non-hydrogen) atoms. The zero-order valence-corrected chi connectivity index (χ0v) is 28.2. The molecule has 2 aliphatic carbocycles. The first-order valence-corrected chi connectivity index (χ1v) is 16.6. The van der Waals surface area contributed by atoms with Gasteiger partial charge in [0.25, 0.3) is 5.92 Å². The molecule has 1 aliphatic heterocycles. The van der Waals surface area contributed by atoms with Crippen LogP contribution >= 0.6 is 0 Å². The molecule has 0 radical (unpaired) electrons. The molecule has 2 fully saturated rings. The number of nitrogens with zero attached hydrogens (tertiary/aromatic N) is 2. The number of likely N-dealkylation sites (tertiary alicyclic amines) is 1. The van der Waals surface area contributed by atoms with Gasteiger partial charge in [-0.15, -0.1) is 0 Å². The molecule has 9 nitrogen and oxygen atoms in total. The number of benzene rings is 3. The Morgan fingerprint density at radius 3 is 2.42 bits per heavy atom. The van der Waals surface area contributed by atoms with Crippen molar-refractivity contribution in [2.75, 3.05) is 33.6 Å². The first-order chi connectivity index (χ1) is 23.1. The highest BCUT2D eigenvalue weighted by atomic mass is 19.3. The van der Waals surface area contributed by atoms with E-state index in [0.717, 1.165) is 40.3 Å². The number of carbonyl (C=O) groups is 2. The first kappa shape index (κ1) is 35.0. The lowest BCUT2D eigenvalue weighted by atomic mass is 9.85. The lowest BCUT2D eigenvalue weighted by Crippen LogP contribution is -2.38. The van der Waals surface area contributed by atoms with Crippen LogP contribution in [0.1, 0.15) is 68.9 Å². The number of nitrogens with two attached hydrogens (primary N) is 1. The van der Waals surface area contributed by atoms with Gasteiger partial charge in [0.1, 0.15) is 18.2 Å². The van der Waals surface area contributed by atoms with Crippen LogP contribution in [-0.4, -0.2) is 67.2 Å². The molecule has 3 aliphatic rings. The number of carbonyl (C=O) groups excluding carboxylic acids is 2. The number of aldehydes is 1. The predicted octanol–water partition coefficient (Wildman–Crippen LogP) is 7.45. The summed E-state index contributed by atoms with van der Waals surface area (Å²) in [4.78, 5) is 31.7. The van der Waals surface area contributed by atoms with Crippen molar-refractivity contribution in [1.82, 2.24) is 20.2 Å². The number of halogens is 2. The number of alkyl halides is 2. The second kappa shape index (κ2) is 14.8. The van der Waals surface area contributed by atoms with E-state index in [1.807, 2.05) is 38.1 Å². The predicted molar refractivity (Wildman–Crippen MR) is 184 cm³/mol. The summed E-state index contributed by atoms with van der Waals surface area (Å²) in [5.41, 5.74) is 10.8. The van der Waals surface area contributed by atoms with Gasteiger partial charge >= 0.3 is 6.09 Å². The van der Waals surface area contributed by atoms with Gasteiger partial charge in [0.15, 0.2) is 0 Å². The zero-order valence-electron chi connectivity index (χ0n) is 28.2. The van der Waals surface area contributed by atoms with Gasteiger partial charge in [0, 0.05) is 30.0 Å². The SMILES string of the molecule is CC.CN1C(c2nc3ccc(-c4ccc5c(c4)C(F)(F)c4cc(N)ccc4-5)cc3[nH]2)C[C@@H]2CCCC[C@@H]21.COCC(C=O)NC(=O)OC. The Morgan fingerprint density at radius 2 is 1.73 bits per heavy atom. The van der Waals surface area contributed by atoms with Crippen LogP contribution in [0.3, 0.4) is 0 Å². The van der Waals surface area contributed by atoms with E-state index in [0.29, 0.717) is 35.2 Å². The first-order valence-electron chi connectivity index (χ1n) is 16.6. The standard InChI is InChI=1S/C29H28F2N4.C6H11NO4.C2H6/c1-35-26-5-3-2-4-18(26)14-27(35)28-33-24-11-7-17(13-25(24)34-28)16-6-9-20-21-10-8-19(32)15-23(21)29(30,31)22(20)12-16;1-10-4-5(3-8)7-6(9)11-2;1-2/h6-13,15,18,26-27H,2-5,14,32H2,1H3,(H,33,34);3,5H,4H2,1-2H3,(H,7,9);1-2H3/t18-,26-,27?;;/m0../s1. The van der Waals surface area contributed by atoms with Crippen LogP contribution in [0.2, 0.25) is 0 Å². The Bertz CT molecular complexity index is 1760. The molecular weight excluding hydrogens is 616 g/mol. The molecule has 4 N–H and O–H groups in total. The zero-order chi connectivity index (χ0) is 34.6. The normalized spacial score (nSPS) is 21.0. The van der Waals surface area contributed by atoms with Gasteiger partial charge < -0.3 is 30.3 Å². The van der Waals surface area contributed by atoms with Crippen molar-refractivity contribution in [2.24, 2.45) is 5.92 Å². The fraction of sp³-hybridized carbons (Fsp3) is 0.432. The van der Waals surface area contributed by atoms with Gasteiger partial charge in [-0.3, -0.25) is 4.90 Å². The molecule has 0 spiro atoms. The highest BCUT2D eigenvalue weighted by Gasteiger charge is 2.45. The number of aromatic amines is 1. The summed E-state index contributed by atoms with van der Waals surface area (Å²) in [6.07, 6.45) is 6.35. The van der Waals surface area contributed by atoms with Crippen molar-refractivity contribution < 1.29 is 27.8 Å². The third-order valence-corrected chi connectivity index (χ3v) is 9.59. The number of imidazole rings is 1. The number of hydrogen-bond donors (Lipinski definition) is 3. The molecule has 1 saturated heterocycles. The van der Waals surface area contributed by atoms with E-state index in [2.05, 4.69) is 31.7 Å². The molecule has 4 atom stereocenters. The maximum Gasteiger partial charge on any atom is 0.407 e. The Morgan fingerprint density at radius 1 is 1.06 bits per heavy atom. The van der Waals surface area contributed by atoms with Crippen LogP contribution in [0.5, 0.6) is 0 Å². The molecule has 4 aromatic rings. The minimum atomic E-state index is -3.06. The summed E-state index contributed by atoms with van der Waals surface area (Å²) in [7, 11) is 4.90. The average molecular weight is 662 g/mol. The highest BCUT2D eigenvalue weighted by molar-refractivity contribution is 5.86. The van der Waals surface area contributed by atoms with E-state index in [9.17, 15) is 9.59 Å². The van der Waals surface area contributed by atoms with Crippen molar-refractivity contribution in [2.45, 2.75) is 70.0 Å². The summed E-state index contributed by atoms with van der Waals surface area (Å²) in [5, 5.41) is 2.26. The van der Waals surface area contributed by atoms with Crippen LogP contribution in [-0.2, 0) is 20.2 Å². The minimum Gasteiger partial charge on any atom is -0.453 e. The topological polar surface area (TPSA) is 123 Å². The van der Waals surface area contributed by atoms with Gasteiger partial charge in [0.2, 0.25) is 0 Å². The second-order valence-electron chi connectivity index (χ2n) is 12.4. The van der Waals surface area contributed by atoms with Crippen LogP contribution in [0.15, 0.2) is 54.6 Å². The number of nitrogen functional groups attached to an aromatic ring is 1. The molecule has 0 bridgehead atoms. The Balaban J connectivity index is 0.000000299. The average Bonchev–Trinajstić information content (AvgIpc) is 3.75. The third-order valence-electron chi connectivity index (χ3n) is 9.59. The summed E-state index contributed by atoms with van der Waals surface area (Å²) >= 11 is 0. The molecular formula is C37H45F2N5O4. The van der Waals surface area contributed by atoms with Gasteiger partial charge in [-0.05, 0) is 84.8 Å². The monoisotopic (exact) mass is 661 g/mol. The molecule has 11 heteroatoms. The van der Waals surface area contributed by atoms with Crippen molar-refractivity contribution in [3.05, 3.63) is 71.5 Å². The van der Waals surface area contributed by atoms with Crippen LogP contribution in [0.4, 0.5) is 19.3 Å². The van der Waals surface area contributed by atoms with Gasteiger partial charge in [0.05, 0.1) is 30.8 Å². The number of amides is 1.